The number of rotatable bonds is 8. The Hall–Kier alpha value is -1.20. The van der Waals surface area contributed by atoms with E-state index in [4.69, 9.17) is 0 Å². The van der Waals surface area contributed by atoms with Gasteiger partial charge in [-0.05, 0) is 60.8 Å². The largest absolute Gasteiger partial charge is 0.309 e. The van der Waals surface area contributed by atoms with E-state index in [1.807, 2.05) is 24.5 Å². The first-order valence-electron chi connectivity index (χ1n) is 7.60. The topological polar surface area (TPSA) is 42.7 Å². The van der Waals surface area contributed by atoms with Crippen molar-refractivity contribution in [2.45, 2.75) is 45.7 Å². The van der Waals surface area contributed by atoms with Crippen LogP contribution in [0.5, 0.6) is 0 Å². The molecule has 0 radical (unpaired) electrons. The van der Waals surface area contributed by atoms with Gasteiger partial charge in [0.25, 0.3) is 0 Å². The van der Waals surface area contributed by atoms with E-state index in [2.05, 4.69) is 55.9 Å². The minimum Gasteiger partial charge on any atom is -0.309 e. The molecule has 0 spiro atoms. The average molecular weight is 351 g/mol. The molecule has 0 aromatic carbocycles. The van der Waals surface area contributed by atoms with E-state index in [0.717, 1.165) is 42.5 Å². The number of aromatic nitrogens is 3. The summed E-state index contributed by atoms with van der Waals surface area (Å²) in [5.41, 5.74) is 2.38. The fraction of sp³-hybridized carbons (Fsp3) is 0.500. The summed E-state index contributed by atoms with van der Waals surface area (Å²) in [5, 5.41) is 8.07. The first-order chi connectivity index (χ1) is 10.3. The number of pyridine rings is 1. The molecule has 0 amide bonds. The first kappa shape index (κ1) is 16.2. The van der Waals surface area contributed by atoms with Crippen molar-refractivity contribution >= 4 is 15.9 Å². The number of hydrogen-bond acceptors (Lipinski definition) is 3. The highest BCUT2D eigenvalue weighted by molar-refractivity contribution is 9.10. The Balaban J connectivity index is 2.12. The van der Waals surface area contributed by atoms with Gasteiger partial charge in [-0.3, -0.25) is 9.67 Å². The van der Waals surface area contributed by atoms with Crippen molar-refractivity contribution in [1.82, 2.24) is 20.1 Å². The van der Waals surface area contributed by atoms with Gasteiger partial charge in [-0.15, -0.1) is 0 Å². The van der Waals surface area contributed by atoms with Crippen molar-refractivity contribution in [3.63, 3.8) is 0 Å². The minimum atomic E-state index is 0.295. The van der Waals surface area contributed by atoms with Crippen LogP contribution < -0.4 is 5.32 Å². The van der Waals surface area contributed by atoms with Crippen LogP contribution in [-0.4, -0.2) is 21.3 Å². The number of nitrogens with one attached hydrogen (secondary N) is 1. The smallest absolute Gasteiger partial charge is 0.0695 e. The predicted octanol–water partition coefficient (Wildman–Crippen LogP) is 3.73. The zero-order chi connectivity index (χ0) is 15.1. The van der Waals surface area contributed by atoms with Gasteiger partial charge in [0, 0.05) is 18.4 Å². The van der Waals surface area contributed by atoms with Crippen LogP contribution >= 0.6 is 15.9 Å². The summed E-state index contributed by atoms with van der Waals surface area (Å²) in [5.74, 6) is 0. The molecule has 1 unspecified atom stereocenters. The number of hydrogen-bond donors (Lipinski definition) is 1. The van der Waals surface area contributed by atoms with Crippen molar-refractivity contribution < 1.29 is 0 Å². The molecule has 0 aliphatic heterocycles. The van der Waals surface area contributed by atoms with E-state index in [1.165, 1.54) is 5.69 Å². The SMILES string of the molecule is CCCNC(CCc1ccccn1)c1c(Br)cnn1CC. The summed E-state index contributed by atoms with van der Waals surface area (Å²) in [6.07, 6.45) is 6.85. The lowest BCUT2D eigenvalue weighted by Gasteiger charge is -2.20. The van der Waals surface area contributed by atoms with Crippen molar-refractivity contribution in [3.8, 4) is 0 Å². The van der Waals surface area contributed by atoms with Crippen LogP contribution in [0.3, 0.4) is 0 Å². The van der Waals surface area contributed by atoms with Gasteiger partial charge in [-0.25, -0.2) is 0 Å². The van der Waals surface area contributed by atoms with Gasteiger partial charge in [0.1, 0.15) is 0 Å². The molecule has 1 N–H and O–H groups in total. The van der Waals surface area contributed by atoms with E-state index in [1.54, 1.807) is 0 Å². The van der Waals surface area contributed by atoms with Crippen LogP contribution in [0.15, 0.2) is 35.1 Å². The maximum Gasteiger partial charge on any atom is 0.0695 e. The van der Waals surface area contributed by atoms with Crippen LogP contribution in [0, 0.1) is 0 Å². The standard InChI is InChI=1S/C16H23BrN4/c1-3-10-19-15(9-8-13-7-5-6-11-18-13)16-14(17)12-20-21(16)4-2/h5-7,11-12,15,19H,3-4,8-10H2,1-2H3. The molecule has 114 valence electrons. The summed E-state index contributed by atoms with van der Waals surface area (Å²) in [4.78, 5) is 4.42. The van der Waals surface area contributed by atoms with Crippen LogP contribution in [-0.2, 0) is 13.0 Å². The highest BCUT2D eigenvalue weighted by atomic mass is 79.9. The maximum atomic E-state index is 4.43. The summed E-state index contributed by atoms with van der Waals surface area (Å²) in [7, 11) is 0. The molecule has 1 atom stereocenters. The molecule has 5 heteroatoms. The third kappa shape index (κ3) is 4.38. The summed E-state index contributed by atoms with van der Waals surface area (Å²) in [6, 6.07) is 6.38. The molecular weight excluding hydrogens is 328 g/mol. The Kier molecular flexibility index (Phi) is 6.39. The van der Waals surface area contributed by atoms with Crippen molar-refractivity contribution in [3.05, 3.63) is 46.5 Å². The number of halogens is 1. The Bertz CT molecular complexity index is 538. The van der Waals surface area contributed by atoms with E-state index < -0.39 is 0 Å². The van der Waals surface area contributed by atoms with Crippen molar-refractivity contribution in [2.75, 3.05) is 6.54 Å². The quantitative estimate of drug-likeness (QED) is 0.788. The monoisotopic (exact) mass is 350 g/mol. The van der Waals surface area contributed by atoms with Gasteiger partial charge in [0.15, 0.2) is 0 Å². The van der Waals surface area contributed by atoms with Gasteiger partial charge >= 0.3 is 0 Å². The molecule has 0 saturated heterocycles. The van der Waals surface area contributed by atoms with Gasteiger partial charge in [-0.1, -0.05) is 13.0 Å². The van der Waals surface area contributed by atoms with Crippen molar-refractivity contribution in [2.24, 2.45) is 0 Å². The third-order valence-corrected chi connectivity index (χ3v) is 4.13. The summed E-state index contributed by atoms with van der Waals surface area (Å²) >= 11 is 3.64. The Morgan fingerprint density at radius 2 is 2.19 bits per heavy atom. The lowest BCUT2D eigenvalue weighted by atomic mass is 10.1. The highest BCUT2D eigenvalue weighted by Crippen LogP contribution is 2.26. The molecule has 2 heterocycles. The van der Waals surface area contributed by atoms with Gasteiger partial charge < -0.3 is 5.32 Å². The molecule has 0 bridgehead atoms. The molecule has 0 aliphatic carbocycles. The van der Waals surface area contributed by atoms with Gasteiger partial charge in [0.05, 0.1) is 22.4 Å². The summed E-state index contributed by atoms with van der Waals surface area (Å²) in [6.45, 7) is 6.20. The predicted molar refractivity (Wildman–Crippen MR) is 89.2 cm³/mol. The van der Waals surface area contributed by atoms with Crippen molar-refractivity contribution in [1.29, 1.82) is 0 Å². The normalized spacial score (nSPS) is 12.5. The fourth-order valence-electron chi connectivity index (χ4n) is 2.46. The zero-order valence-electron chi connectivity index (χ0n) is 12.7. The molecule has 2 aromatic heterocycles. The highest BCUT2D eigenvalue weighted by Gasteiger charge is 2.19. The second-order valence-corrected chi connectivity index (χ2v) is 5.91. The average Bonchev–Trinajstić information content (AvgIpc) is 2.89. The zero-order valence-corrected chi connectivity index (χ0v) is 14.3. The van der Waals surface area contributed by atoms with Crippen LogP contribution in [0.4, 0.5) is 0 Å². The Morgan fingerprint density at radius 1 is 1.33 bits per heavy atom. The van der Waals surface area contributed by atoms with E-state index in [0.29, 0.717) is 6.04 Å². The van der Waals surface area contributed by atoms with E-state index in [9.17, 15) is 0 Å². The second kappa shape index (κ2) is 8.29. The second-order valence-electron chi connectivity index (χ2n) is 5.06. The van der Waals surface area contributed by atoms with E-state index >= 15 is 0 Å². The molecule has 0 fully saturated rings. The van der Waals surface area contributed by atoms with Gasteiger partial charge in [-0.2, -0.15) is 5.10 Å². The van der Waals surface area contributed by atoms with Gasteiger partial charge in [0.2, 0.25) is 0 Å². The lowest BCUT2D eigenvalue weighted by Crippen LogP contribution is -2.25. The Morgan fingerprint density at radius 3 is 2.86 bits per heavy atom. The fourth-order valence-corrected chi connectivity index (χ4v) is 3.04. The molecule has 2 aromatic rings. The minimum absolute atomic E-state index is 0.295. The number of nitrogens with zero attached hydrogens (tertiary/aromatic N) is 3. The lowest BCUT2D eigenvalue weighted by molar-refractivity contribution is 0.453. The summed E-state index contributed by atoms with van der Waals surface area (Å²) < 4.78 is 3.15. The first-order valence-corrected chi connectivity index (χ1v) is 8.40. The van der Waals surface area contributed by atoms with Crippen LogP contribution in [0.1, 0.15) is 44.1 Å². The molecule has 21 heavy (non-hydrogen) atoms. The van der Waals surface area contributed by atoms with Crippen LogP contribution in [0.2, 0.25) is 0 Å². The van der Waals surface area contributed by atoms with E-state index in [-0.39, 0.29) is 0 Å². The molecule has 2 rings (SSSR count). The molecular formula is C16H23BrN4. The molecule has 0 aliphatic rings. The molecule has 0 saturated carbocycles. The molecule has 4 nitrogen and oxygen atoms in total. The third-order valence-electron chi connectivity index (χ3n) is 3.52. The Labute approximate surface area is 135 Å². The number of aryl methyl sites for hydroxylation is 2. The van der Waals surface area contributed by atoms with Crippen LogP contribution in [0.25, 0.3) is 0 Å². The maximum absolute atomic E-state index is 4.43.